The summed E-state index contributed by atoms with van der Waals surface area (Å²) in [5, 5.41) is 6.44. The van der Waals surface area contributed by atoms with Crippen LogP contribution in [0.2, 0.25) is 5.02 Å². The van der Waals surface area contributed by atoms with Crippen molar-refractivity contribution in [2.45, 2.75) is 52.5 Å². The molecular weight excluding hydrogens is 390 g/mol. The van der Waals surface area contributed by atoms with E-state index >= 15 is 0 Å². The summed E-state index contributed by atoms with van der Waals surface area (Å²) < 4.78 is 0. The van der Waals surface area contributed by atoms with Crippen LogP contribution in [-0.2, 0) is 9.59 Å². The van der Waals surface area contributed by atoms with Gasteiger partial charge in [-0.3, -0.25) is 14.4 Å². The molecule has 1 aliphatic heterocycles. The van der Waals surface area contributed by atoms with Crippen molar-refractivity contribution in [1.82, 2.24) is 15.5 Å². The number of amides is 3. The highest BCUT2D eigenvalue weighted by atomic mass is 35.5. The molecule has 0 aromatic heterocycles. The Labute approximate surface area is 178 Å². The summed E-state index contributed by atoms with van der Waals surface area (Å²) in [6.45, 7) is 7.66. The highest BCUT2D eigenvalue weighted by Crippen LogP contribution is 2.23. The lowest BCUT2D eigenvalue weighted by atomic mass is 9.88. The van der Waals surface area contributed by atoms with Gasteiger partial charge < -0.3 is 15.5 Å². The molecule has 1 unspecified atom stereocenters. The van der Waals surface area contributed by atoms with E-state index in [-0.39, 0.29) is 29.6 Å². The molecule has 1 heterocycles. The van der Waals surface area contributed by atoms with Crippen molar-refractivity contribution >= 4 is 29.3 Å². The van der Waals surface area contributed by atoms with Crippen LogP contribution < -0.4 is 10.6 Å². The van der Waals surface area contributed by atoms with Gasteiger partial charge in [0.05, 0.1) is 0 Å². The molecule has 1 saturated heterocycles. The van der Waals surface area contributed by atoms with Crippen molar-refractivity contribution in [3.05, 3.63) is 34.9 Å². The second kappa shape index (κ2) is 11.2. The molecular formula is C22H32ClN3O3. The monoisotopic (exact) mass is 421 g/mol. The molecule has 1 aromatic carbocycles. The van der Waals surface area contributed by atoms with E-state index in [0.29, 0.717) is 49.5 Å². The first-order chi connectivity index (χ1) is 13.8. The highest BCUT2D eigenvalue weighted by molar-refractivity contribution is 6.30. The minimum Gasteiger partial charge on any atom is -0.354 e. The molecule has 0 aliphatic carbocycles. The van der Waals surface area contributed by atoms with Gasteiger partial charge in [-0.2, -0.15) is 0 Å². The van der Waals surface area contributed by atoms with E-state index in [4.69, 9.17) is 11.6 Å². The number of carbonyl (C=O) groups excluding carboxylic acids is 3. The lowest BCUT2D eigenvalue weighted by Gasteiger charge is -2.36. The maximum absolute atomic E-state index is 12.7. The van der Waals surface area contributed by atoms with Crippen molar-refractivity contribution in [3.8, 4) is 0 Å². The summed E-state index contributed by atoms with van der Waals surface area (Å²) in [7, 11) is 0. The number of likely N-dealkylation sites (tertiary alicyclic amines) is 1. The van der Waals surface area contributed by atoms with Gasteiger partial charge in [0.15, 0.2) is 0 Å². The summed E-state index contributed by atoms with van der Waals surface area (Å²) in [5.74, 6) is -0.0240. The lowest BCUT2D eigenvalue weighted by Crippen LogP contribution is -2.54. The largest absolute Gasteiger partial charge is 0.354 e. The van der Waals surface area contributed by atoms with E-state index in [1.165, 1.54) is 0 Å². The Morgan fingerprint density at radius 2 is 1.76 bits per heavy atom. The lowest BCUT2D eigenvalue weighted by molar-refractivity contribution is -0.131. The number of carbonyl (C=O) groups is 3. The van der Waals surface area contributed by atoms with E-state index in [1.807, 2.05) is 20.8 Å². The fourth-order valence-corrected chi connectivity index (χ4v) is 3.70. The van der Waals surface area contributed by atoms with Crippen LogP contribution in [0, 0.1) is 11.8 Å². The van der Waals surface area contributed by atoms with E-state index in [2.05, 4.69) is 10.6 Å². The molecule has 0 spiro atoms. The van der Waals surface area contributed by atoms with Gasteiger partial charge in [-0.15, -0.1) is 0 Å². The van der Waals surface area contributed by atoms with Crippen molar-refractivity contribution in [2.24, 2.45) is 11.8 Å². The van der Waals surface area contributed by atoms with Crippen LogP contribution in [0.5, 0.6) is 0 Å². The van der Waals surface area contributed by atoms with Gasteiger partial charge in [0, 0.05) is 36.6 Å². The molecule has 7 heteroatoms. The van der Waals surface area contributed by atoms with E-state index in [1.54, 1.807) is 29.2 Å². The molecule has 0 radical (unpaired) electrons. The fourth-order valence-electron chi connectivity index (χ4n) is 3.57. The Bertz CT molecular complexity index is 698. The first-order valence-electron chi connectivity index (χ1n) is 10.4. The van der Waals surface area contributed by atoms with Crippen molar-refractivity contribution in [1.29, 1.82) is 0 Å². The zero-order valence-corrected chi connectivity index (χ0v) is 18.3. The molecule has 6 nitrogen and oxygen atoms in total. The zero-order valence-electron chi connectivity index (χ0n) is 17.5. The maximum Gasteiger partial charge on any atom is 0.253 e. The number of hydrogen-bond acceptors (Lipinski definition) is 3. The van der Waals surface area contributed by atoms with Crippen LogP contribution in [0.25, 0.3) is 0 Å². The van der Waals surface area contributed by atoms with Crippen LogP contribution in [0.15, 0.2) is 24.3 Å². The molecule has 3 amide bonds. The molecule has 1 atom stereocenters. The molecule has 1 fully saturated rings. The molecule has 0 saturated carbocycles. The van der Waals surface area contributed by atoms with Gasteiger partial charge in [0.1, 0.15) is 6.04 Å². The van der Waals surface area contributed by atoms with Gasteiger partial charge >= 0.3 is 0 Å². The molecule has 29 heavy (non-hydrogen) atoms. The van der Waals surface area contributed by atoms with Crippen molar-refractivity contribution in [2.75, 3.05) is 19.6 Å². The zero-order chi connectivity index (χ0) is 21.4. The number of nitrogens with one attached hydrogen (secondary N) is 2. The Hall–Kier alpha value is -2.08. The Balaban J connectivity index is 2.00. The summed E-state index contributed by atoms with van der Waals surface area (Å²) in [6, 6.07) is 6.31. The maximum atomic E-state index is 12.7. The molecule has 2 N–H and O–H groups in total. The second-order valence-corrected chi connectivity index (χ2v) is 8.51. The summed E-state index contributed by atoms with van der Waals surface area (Å²) >= 11 is 5.90. The topological polar surface area (TPSA) is 78.5 Å². The van der Waals surface area contributed by atoms with Gasteiger partial charge in [-0.1, -0.05) is 32.4 Å². The van der Waals surface area contributed by atoms with E-state index in [9.17, 15) is 14.4 Å². The van der Waals surface area contributed by atoms with Gasteiger partial charge in [-0.25, -0.2) is 0 Å². The standard InChI is InChI=1S/C22H32ClN3O3/c1-4-11-24-21(28)20(25-19(27)14-15(2)3)16-9-12-26(13-10-16)22(29)17-5-7-18(23)8-6-17/h5-8,15-16,20H,4,9-14H2,1-3H3,(H,24,28)(H,25,27). The third-order valence-corrected chi connectivity index (χ3v) is 5.38. The number of nitrogens with zero attached hydrogens (tertiary/aromatic N) is 1. The quantitative estimate of drug-likeness (QED) is 0.676. The Morgan fingerprint density at radius 3 is 2.31 bits per heavy atom. The number of hydrogen-bond donors (Lipinski definition) is 2. The number of piperidine rings is 1. The Kier molecular flexibility index (Phi) is 8.96. The first kappa shape index (κ1) is 23.2. The summed E-state index contributed by atoms with van der Waals surface area (Å²) in [5.41, 5.74) is 0.607. The van der Waals surface area contributed by atoms with Crippen LogP contribution in [0.1, 0.15) is 56.8 Å². The summed E-state index contributed by atoms with van der Waals surface area (Å²) in [6.07, 6.45) is 2.58. The molecule has 0 bridgehead atoms. The van der Waals surface area contributed by atoms with Crippen LogP contribution in [0.4, 0.5) is 0 Å². The summed E-state index contributed by atoms with van der Waals surface area (Å²) in [4.78, 5) is 39.5. The van der Waals surface area contributed by atoms with Gasteiger partial charge in [0.2, 0.25) is 11.8 Å². The van der Waals surface area contributed by atoms with E-state index < -0.39 is 6.04 Å². The van der Waals surface area contributed by atoms with Crippen LogP contribution in [-0.4, -0.2) is 48.3 Å². The minimum absolute atomic E-state index is 0.0113. The fraction of sp³-hybridized carbons (Fsp3) is 0.591. The SMILES string of the molecule is CCCNC(=O)C(NC(=O)CC(C)C)C1CCN(C(=O)c2ccc(Cl)cc2)CC1. The van der Waals surface area contributed by atoms with Crippen molar-refractivity contribution < 1.29 is 14.4 Å². The van der Waals surface area contributed by atoms with Gasteiger partial charge in [0.25, 0.3) is 5.91 Å². The van der Waals surface area contributed by atoms with E-state index in [0.717, 1.165) is 6.42 Å². The smallest absolute Gasteiger partial charge is 0.253 e. The van der Waals surface area contributed by atoms with Gasteiger partial charge in [-0.05, 0) is 55.4 Å². The van der Waals surface area contributed by atoms with Crippen LogP contribution in [0.3, 0.4) is 0 Å². The average molecular weight is 422 g/mol. The first-order valence-corrected chi connectivity index (χ1v) is 10.8. The normalized spacial score (nSPS) is 15.8. The Morgan fingerprint density at radius 1 is 1.14 bits per heavy atom. The average Bonchev–Trinajstić information content (AvgIpc) is 2.70. The molecule has 1 aromatic rings. The molecule has 160 valence electrons. The van der Waals surface area contributed by atoms with Crippen LogP contribution >= 0.6 is 11.6 Å². The number of rotatable bonds is 8. The number of halogens is 1. The third-order valence-electron chi connectivity index (χ3n) is 5.13. The molecule has 1 aliphatic rings. The predicted octanol–water partition coefficient (Wildman–Crippen LogP) is 3.25. The third kappa shape index (κ3) is 7.03. The number of benzene rings is 1. The minimum atomic E-state index is -0.555. The predicted molar refractivity (Wildman–Crippen MR) is 115 cm³/mol. The highest BCUT2D eigenvalue weighted by Gasteiger charge is 2.33. The van der Waals surface area contributed by atoms with Crippen molar-refractivity contribution in [3.63, 3.8) is 0 Å². The second-order valence-electron chi connectivity index (χ2n) is 8.07. The molecule has 2 rings (SSSR count).